The number of pyridine rings is 2. The van der Waals surface area contributed by atoms with Crippen molar-refractivity contribution in [2.75, 3.05) is 0 Å². The number of nitrogens with one attached hydrogen (secondary N) is 1. The normalized spacial score (nSPS) is 17.8. The highest BCUT2D eigenvalue weighted by atomic mass is 32.1. The summed E-state index contributed by atoms with van der Waals surface area (Å²) in [7, 11) is 0. The van der Waals surface area contributed by atoms with Crippen molar-refractivity contribution in [1.82, 2.24) is 24.8 Å². The zero-order valence-corrected chi connectivity index (χ0v) is 20.8. The van der Waals surface area contributed by atoms with Gasteiger partial charge in [0.05, 0.1) is 23.5 Å². The Hall–Kier alpha value is -3.51. The van der Waals surface area contributed by atoms with E-state index in [0.29, 0.717) is 6.54 Å². The molecule has 4 heterocycles. The standard InChI is InChI=1S/C28H29N5S/c1-18-9-7-10-19(2)26(18)33-20(3)15-23(21(33)4)27-25(24-12-5-6-14-30-24)31-28(34)32(27)17-22-11-8-13-29-16-22/h5-16,25,27H,17H2,1-4H3,(H,31,34)/t25-,27+/m0/s1. The number of nitrogens with zero attached hydrogens (tertiary/aromatic N) is 4. The van der Waals surface area contributed by atoms with Crippen LogP contribution in [0.25, 0.3) is 5.69 Å². The molecule has 2 atom stereocenters. The van der Waals surface area contributed by atoms with E-state index in [1.54, 1.807) is 6.20 Å². The number of para-hydroxylation sites is 1. The van der Waals surface area contributed by atoms with Gasteiger partial charge in [-0.25, -0.2) is 0 Å². The molecule has 1 saturated heterocycles. The fourth-order valence-corrected chi connectivity index (χ4v) is 5.50. The van der Waals surface area contributed by atoms with Crippen molar-refractivity contribution < 1.29 is 0 Å². The first-order chi connectivity index (χ1) is 16.5. The maximum Gasteiger partial charge on any atom is 0.170 e. The van der Waals surface area contributed by atoms with Crippen LogP contribution < -0.4 is 5.32 Å². The third kappa shape index (κ3) is 3.88. The Morgan fingerprint density at radius 3 is 2.41 bits per heavy atom. The molecule has 0 spiro atoms. The van der Waals surface area contributed by atoms with Gasteiger partial charge in [0.25, 0.3) is 0 Å². The lowest BCUT2D eigenvalue weighted by molar-refractivity contribution is 0.310. The average Bonchev–Trinajstić information content (AvgIpc) is 3.31. The fraction of sp³-hybridized carbons (Fsp3) is 0.250. The van der Waals surface area contributed by atoms with Gasteiger partial charge in [0.2, 0.25) is 0 Å². The quantitative estimate of drug-likeness (QED) is 0.383. The van der Waals surface area contributed by atoms with Gasteiger partial charge in [0.1, 0.15) is 0 Å². The fourth-order valence-electron chi connectivity index (χ4n) is 5.19. The lowest BCUT2D eigenvalue weighted by Gasteiger charge is -2.28. The number of aryl methyl sites for hydroxylation is 3. The Labute approximate surface area is 206 Å². The minimum absolute atomic E-state index is 0.00637. The Morgan fingerprint density at radius 2 is 1.74 bits per heavy atom. The zero-order chi connectivity index (χ0) is 23.8. The van der Waals surface area contributed by atoms with E-state index in [0.717, 1.165) is 16.4 Å². The van der Waals surface area contributed by atoms with Crippen molar-refractivity contribution in [3.05, 3.63) is 113 Å². The lowest BCUT2D eigenvalue weighted by Crippen LogP contribution is -2.29. The average molecular weight is 468 g/mol. The highest BCUT2D eigenvalue weighted by Gasteiger charge is 2.41. The van der Waals surface area contributed by atoms with Crippen LogP contribution in [-0.2, 0) is 6.54 Å². The number of thiocarbonyl (C=S) groups is 1. The van der Waals surface area contributed by atoms with Crippen LogP contribution in [0.2, 0.25) is 0 Å². The van der Waals surface area contributed by atoms with Crippen LogP contribution in [0.15, 0.2) is 73.2 Å². The summed E-state index contributed by atoms with van der Waals surface area (Å²) in [6.07, 6.45) is 5.56. The number of hydrogen-bond acceptors (Lipinski definition) is 3. The molecule has 1 aromatic carbocycles. The topological polar surface area (TPSA) is 46.0 Å². The van der Waals surface area contributed by atoms with Crippen LogP contribution in [-0.4, -0.2) is 24.5 Å². The van der Waals surface area contributed by atoms with Crippen LogP contribution in [0.1, 0.15) is 51.4 Å². The molecule has 0 bridgehead atoms. The van der Waals surface area contributed by atoms with Gasteiger partial charge in [-0.3, -0.25) is 9.97 Å². The smallest absolute Gasteiger partial charge is 0.170 e. The summed E-state index contributed by atoms with van der Waals surface area (Å²) in [6, 6.07) is 18.9. The van der Waals surface area contributed by atoms with Crippen molar-refractivity contribution in [3.8, 4) is 5.69 Å². The first-order valence-electron chi connectivity index (χ1n) is 11.6. The minimum atomic E-state index is -0.0442. The summed E-state index contributed by atoms with van der Waals surface area (Å²) >= 11 is 5.87. The van der Waals surface area contributed by atoms with Gasteiger partial charge in [-0.1, -0.05) is 30.3 Å². The van der Waals surface area contributed by atoms with E-state index in [1.807, 2.05) is 30.6 Å². The summed E-state index contributed by atoms with van der Waals surface area (Å²) in [5.74, 6) is 0. The Kier molecular flexibility index (Phi) is 5.92. The second-order valence-electron chi connectivity index (χ2n) is 9.02. The van der Waals surface area contributed by atoms with Gasteiger partial charge in [-0.05, 0) is 86.4 Å². The second-order valence-corrected chi connectivity index (χ2v) is 9.40. The van der Waals surface area contributed by atoms with Crippen molar-refractivity contribution in [2.45, 2.75) is 46.3 Å². The summed E-state index contributed by atoms with van der Waals surface area (Å²) in [4.78, 5) is 11.3. The van der Waals surface area contributed by atoms with E-state index in [-0.39, 0.29) is 12.1 Å². The maximum atomic E-state index is 5.87. The van der Waals surface area contributed by atoms with Crippen LogP contribution in [0, 0.1) is 27.7 Å². The third-order valence-electron chi connectivity index (χ3n) is 6.73. The molecule has 1 aliphatic heterocycles. The third-order valence-corrected chi connectivity index (χ3v) is 7.08. The maximum absolute atomic E-state index is 5.87. The molecule has 0 saturated carbocycles. The predicted molar refractivity (Wildman–Crippen MR) is 140 cm³/mol. The number of aromatic nitrogens is 3. The van der Waals surface area contributed by atoms with Crippen LogP contribution in [0.4, 0.5) is 0 Å². The molecule has 5 rings (SSSR count). The Morgan fingerprint density at radius 1 is 0.941 bits per heavy atom. The summed E-state index contributed by atoms with van der Waals surface area (Å²) in [5, 5.41) is 4.31. The minimum Gasteiger partial charge on any atom is -0.352 e. The molecule has 0 aliphatic carbocycles. The van der Waals surface area contributed by atoms with Crippen molar-refractivity contribution in [3.63, 3.8) is 0 Å². The first-order valence-corrected chi connectivity index (χ1v) is 12.0. The molecule has 0 radical (unpaired) electrons. The Bertz CT molecular complexity index is 1310. The van der Waals surface area contributed by atoms with E-state index < -0.39 is 0 Å². The largest absolute Gasteiger partial charge is 0.352 e. The number of hydrogen-bond donors (Lipinski definition) is 1. The molecule has 1 fully saturated rings. The summed E-state index contributed by atoms with van der Waals surface area (Å²) in [6.45, 7) is 9.44. The van der Waals surface area contributed by atoms with Crippen LogP contribution >= 0.6 is 12.2 Å². The van der Waals surface area contributed by atoms with E-state index in [1.165, 1.54) is 33.8 Å². The molecule has 5 nitrogen and oxygen atoms in total. The van der Waals surface area contributed by atoms with E-state index in [4.69, 9.17) is 12.2 Å². The van der Waals surface area contributed by atoms with Crippen LogP contribution in [0.5, 0.6) is 0 Å². The van der Waals surface area contributed by atoms with Gasteiger partial charge < -0.3 is 14.8 Å². The predicted octanol–water partition coefficient (Wildman–Crippen LogP) is 5.67. The van der Waals surface area contributed by atoms with E-state index in [2.05, 4.69) is 88.8 Å². The lowest BCUT2D eigenvalue weighted by atomic mass is 9.96. The monoisotopic (exact) mass is 467 g/mol. The first kappa shape index (κ1) is 22.3. The second kappa shape index (κ2) is 9.03. The number of rotatable bonds is 5. The molecule has 3 aromatic heterocycles. The van der Waals surface area contributed by atoms with Gasteiger partial charge in [-0.15, -0.1) is 0 Å². The molecule has 34 heavy (non-hydrogen) atoms. The van der Waals surface area contributed by atoms with Crippen LogP contribution in [0.3, 0.4) is 0 Å². The Balaban J connectivity index is 1.65. The molecular formula is C28H29N5S. The molecule has 1 aliphatic rings. The molecular weight excluding hydrogens is 438 g/mol. The molecule has 0 amide bonds. The molecule has 4 aromatic rings. The van der Waals surface area contributed by atoms with Crippen molar-refractivity contribution in [1.29, 1.82) is 0 Å². The summed E-state index contributed by atoms with van der Waals surface area (Å²) in [5.41, 5.74) is 9.59. The zero-order valence-electron chi connectivity index (χ0n) is 20.0. The van der Waals surface area contributed by atoms with Gasteiger partial charge >= 0.3 is 0 Å². The van der Waals surface area contributed by atoms with Crippen molar-refractivity contribution >= 4 is 17.3 Å². The van der Waals surface area contributed by atoms with E-state index in [9.17, 15) is 0 Å². The highest BCUT2D eigenvalue weighted by Crippen LogP contribution is 2.42. The molecule has 1 N–H and O–H groups in total. The SMILES string of the molecule is Cc1cccc(C)c1-n1c(C)cc([C@@H]2[C@H](c3ccccn3)NC(=S)N2Cc2cccnc2)c1C. The molecule has 0 unspecified atom stereocenters. The van der Waals surface area contributed by atoms with Gasteiger partial charge in [-0.2, -0.15) is 0 Å². The molecule has 172 valence electrons. The number of benzene rings is 1. The summed E-state index contributed by atoms with van der Waals surface area (Å²) < 4.78 is 2.39. The van der Waals surface area contributed by atoms with E-state index >= 15 is 0 Å². The van der Waals surface area contributed by atoms with Crippen molar-refractivity contribution in [2.24, 2.45) is 0 Å². The highest BCUT2D eigenvalue weighted by molar-refractivity contribution is 7.80. The molecule has 6 heteroatoms. The van der Waals surface area contributed by atoms with Gasteiger partial charge in [0, 0.05) is 36.5 Å². The van der Waals surface area contributed by atoms with Gasteiger partial charge in [0.15, 0.2) is 5.11 Å².